The lowest BCUT2D eigenvalue weighted by molar-refractivity contribution is -0.390. The summed E-state index contributed by atoms with van der Waals surface area (Å²) in [5.74, 6) is -0.428. The number of aromatic nitrogens is 1. The van der Waals surface area contributed by atoms with Crippen LogP contribution >= 0.6 is 31.9 Å². The second kappa shape index (κ2) is 4.93. The van der Waals surface area contributed by atoms with Gasteiger partial charge in [-0.1, -0.05) is 15.9 Å². The predicted octanol–water partition coefficient (Wildman–Crippen LogP) is 3.58. The first kappa shape index (κ1) is 12.4. The number of nitrogens with zero attached hydrogens (tertiary/aromatic N) is 2. The monoisotopic (exact) mass is 344 g/mol. The maximum absolute atomic E-state index is 12.4. The summed E-state index contributed by atoms with van der Waals surface area (Å²) in [4.78, 5) is 13.3. The van der Waals surface area contributed by atoms with Crippen molar-refractivity contribution in [3.63, 3.8) is 0 Å². The first-order chi connectivity index (χ1) is 6.97. The van der Waals surface area contributed by atoms with Crippen molar-refractivity contribution in [1.29, 1.82) is 0 Å². The largest absolute Gasteiger partial charge is 0.368 e. The number of halogens is 4. The van der Waals surface area contributed by atoms with Crippen molar-refractivity contribution < 1.29 is 13.7 Å². The number of alkyl halides is 3. The van der Waals surface area contributed by atoms with Crippen LogP contribution < -0.4 is 0 Å². The van der Waals surface area contributed by atoms with Gasteiger partial charge in [-0.15, -0.1) is 0 Å². The van der Waals surface area contributed by atoms with E-state index >= 15 is 0 Å². The van der Waals surface area contributed by atoms with E-state index in [1.54, 1.807) is 0 Å². The van der Waals surface area contributed by atoms with E-state index in [1.165, 1.54) is 0 Å². The fourth-order valence-corrected chi connectivity index (χ4v) is 1.82. The molecule has 8 heteroatoms. The maximum atomic E-state index is 12.4. The van der Waals surface area contributed by atoms with E-state index in [2.05, 4.69) is 36.8 Å². The van der Waals surface area contributed by atoms with Crippen molar-refractivity contribution in [2.75, 3.05) is 0 Å². The Morgan fingerprint density at radius 2 is 2.20 bits per heavy atom. The van der Waals surface area contributed by atoms with Crippen LogP contribution in [0, 0.1) is 10.1 Å². The van der Waals surface area contributed by atoms with Gasteiger partial charge in [-0.25, -0.2) is 8.78 Å². The maximum Gasteiger partial charge on any atom is 0.368 e. The van der Waals surface area contributed by atoms with E-state index < -0.39 is 17.2 Å². The molecule has 0 spiro atoms. The summed E-state index contributed by atoms with van der Waals surface area (Å²) >= 11 is 5.75. The molecule has 15 heavy (non-hydrogen) atoms. The molecule has 0 amide bonds. The molecule has 1 aromatic heterocycles. The summed E-state index contributed by atoms with van der Waals surface area (Å²) < 4.78 is 24.6. The normalized spacial score (nSPS) is 10.7. The lowest BCUT2D eigenvalue weighted by Gasteiger charge is -2.03. The molecule has 0 aromatic carbocycles. The number of pyridine rings is 1. The summed E-state index contributed by atoms with van der Waals surface area (Å²) in [6.07, 6.45) is -2.72. The predicted molar refractivity (Wildman–Crippen MR) is 56.2 cm³/mol. The lowest BCUT2D eigenvalue weighted by Crippen LogP contribution is -2.01. The van der Waals surface area contributed by atoms with Crippen molar-refractivity contribution in [2.45, 2.75) is 11.8 Å². The van der Waals surface area contributed by atoms with Crippen molar-refractivity contribution >= 4 is 37.7 Å². The number of nitro groups is 1. The molecule has 0 radical (unpaired) electrons. The molecule has 0 aliphatic carbocycles. The van der Waals surface area contributed by atoms with Crippen molar-refractivity contribution in [2.24, 2.45) is 0 Å². The molecule has 82 valence electrons. The lowest BCUT2D eigenvalue weighted by atomic mass is 10.2. The molecule has 0 atom stereocenters. The van der Waals surface area contributed by atoms with Crippen LogP contribution in [-0.2, 0) is 5.33 Å². The highest BCUT2D eigenvalue weighted by Crippen LogP contribution is 2.31. The minimum Gasteiger partial charge on any atom is -0.358 e. The van der Waals surface area contributed by atoms with Gasteiger partial charge >= 0.3 is 5.82 Å². The van der Waals surface area contributed by atoms with Crippen LogP contribution in [0.5, 0.6) is 0 Å². The van der Waals surface area contributed by atoms with Crippen LogP contribution in [0.15, 0.2) is 10.7 Å². The molecule has 1 aromatic rings. The minimum atomic E-state index is -2.72. The molecule has 0 aliphatic rings. The third-order valence-electron chi connectivity index (χ3n) is 1.61. The van der Waals surface area contributed by atoms with Gasteiger partial charge in [0.15, 0.2) is 0 Å². The molecule has 4 nitrogen and oxygen atoms in total. The highest BCUT2D eigenvalue weighted by Gasteiger charge is 2.23. The quantitative estimate of drug-likeness (QED) is 0.364. The Morgan fingerprint density at radius 3 is 2.60 bits per heavy atom. The third-order valence-corrected chi connectivity index (χ3v) is 2.85. The van der Waals surface area contributed by atoms with E-state index in [0.29, 0.717) is 0 Å². The Balaban J connectivity index is 3.35. The highest BCUT2D eigenvalue weighted by atomic mass is 79.9. The average molecular weight is 346 g/mol. The second-order valence-electron chi connectivity index (χ2n) is 2.54. The van der Waals surface area contributed by atoms with Crippen molar-refractivity contribution in [3.05, 3.63) is 31.9 Å². The molecular weight excluding hydrogens is 342 g/mol. The summed E-state index contributed by atoms with van der Waals surface area (Å²) in [6.45, 7) is 0. The van der Waals surface area contributed by atoms with Crippen molar-refractivity contribution in [3.8, 4) is 0 Å². The van der Waals surface area contributed by atoms with Gasteiger partial charge in [0.25, 0.3) is 6.43 Å². The van der Waals surface area contributed by atoms with E-state index in [0.717, 1.165) is 6.07 Å². The smallest absolute Gasteiger partial charge is 0.358 e. The molecule has 1 heterocycles. The number of hydrogen-bond acceptors (Lipinski definition) is 3. The summed E-state index contributed by atoms with van der Waals surface area (Å²) in [6, 6.07) is 1.06. The first-order valence-electron chi connectivity index (χ1n) is 3.65. The zero-order valence-corrected chi connectivity index (χ0v) is 10.3. The summed E-state index contributed by atoms with van der Waals surface area (Å²) in [5.41, 5.74) is -0.228. The van der Waals surface area contributed by atoms with Crippen molar-refractivity contribution in [1.82, 2.24) is 4.98 Å². The minimum absolute atomic E-state index is 0.101. The van der Waals surface area contributed by atoms with Gasteiger partial charge in [-0.05, 0) is 16.0 Å². The van der Waals surface area contributed by atoms with E-state index in [-0.39, 0.29) is 21.1 Å². The molecule has 0 fully saturated rings. The topological polar surface area (TPSA) is 56.0 Å². The number of rotatable bonds is 3. The third kappa shape index (κ3) is 2.69. The van der Waals surface area contributed by atoms with Gasteiger partial charge in [-0.3, -0.25) is 0 Å². The van der Waals surface area contributed by atoms with Crippen LogP contribution in [0.1, 0.15) is 17.6 Å². The van der Waals surface area contributed by atoms with Crippen LogP contribution in [0.3, 0.4) is 0 Å². The molecule has 0 unspecified atom stereocenters. The zero-order chi connectivity index (χ0) is 11.6. The Bertz CT molecular complexity index is 401. The number of hydrogen-bond donors (Lipinski definition) is 0. The molecule has 0 saturated carbocycles. The van der Waals surface area contributed by atoms with Gasteiger partial charge < -0.3 is 10.1 Å². The van der Waals surface area contributed by atoms with Crippen LogP contribution in [-0.4, -0.2) is 9.91 Å². The van der Waals surface area contributed by atoms with E-state index in [9.17, 15) is 18.9 Å². The van der Waals surface area contributed by atoms with Gasteiger partial charge in [0.05, 0.1) is 11.1 Å². The van der Waals surface area contributed by atoms with Crippen LogP contribution in [0.2, 0.25) is 0 Å². The average Bonchev–Trinajstić information content (AvgIpc) is 2.16. The first-order valence-corrected chi connectivity index (χ1v) is 5.56. The molecule has 1 rings (SSSR count). The second-order valence-corrected chi connectivity index (χ2v) is 3.85. The zero-order valence-electron chi connectivity index (χ0n) is 7.08. The van der Waals surface area contributed by atoms with E-state index in [4.69, 9.17) is 0 Å². The Hall–Kier alpha value is -0.630. The highest BCUT2D eigenvalue weighted by molar-refractivity contribution is 9.10. The molecule has 0 aliphatic heterocycles. The fraction of sp³-hybridized carbons (Fsp3) is 0.286. The molecule has 0 N–H and O–H groups in total. The molecule has 0 bridgehead atoms. The summed E-state index contributed by atoms with van der Waals surface area (Å²) in [7, 11) is 0. The van der Waals surface area contributed by atoms with Gasteiger partial charge in [-0.2, -0.15) is 0 Å². The molecule has 0 saturated heterocycles. The Labute approximate surface area is 100 Å². The van der Waals surface area contributed by atoms with Gasteiger partial charge in [0, 0.05) is 21.3 Å². The van der Waals surface area contributed by atoms with Crippen LogP contribution in [0.25, 0.3) is 0 Å². The van der Waals surface area contributed by atoms with Gasteiger partial charge in [0.1, 0.15) is 0 Å². The fourth-order valence-electron chi connectivity index (χ4n) is 0.951. The molecular formula is C7H4Br2F2N2O2. The van der Waals surface area contributed by atoms with Gasteiger partial charge in [0.2, 0.25) is 4.60 Å². The Kier molecular flexibility index (Phi) is 4.09. The SMILES string of the molecule is O=[N+]([O-])c1nc(Br)c(C(F)F)cc1CBr. The standard InChI is InChI=1S/C7H4Br2F2N2O2/c8-2-3-1-4(6(10)11)5(9)12-7(3)13(14)15/h1,6H,2H2. The van der Waals surface area contributed by atoms with Crippen LogP contribution in [0.4, 0.5) is 14.6 Å². The van der Waals surface area contributed by atoms with E-state index in [1.807, 2.05) is 0 Å². The summed E-state index contributed by atoms with van der Waals surface area (Å²) in [5, 5.41) is 10.6. The Morgan fingerprint density at radius 1 is 1.60 bits per heavy atom.